The predicted molar refractivity (Wildman–Crippen MR) is 100 cm³/mol. The number of methoxy groups -OCH3 is 1. The third-order valence-electron chi connectivity index (χ3n) is 3.46. The van der Waals surface area contributed by atoms with E-state index in [1.165, 1.54) is 11.5 Å². The highest BCUT2D eigenvalue weighted by Gasteiger charge is 2.22. The second kappa shape index (κ2) is 7.82. The van der Waals surface area contributed by atoms with Crippen molar-refractivity contribution >= 4 is 39.9 Å². The highest BCUT2D eigenvalue weighted by molar-refractivity contribution is 14.1. The maximum Gasteiger partial charge on any atom is 0.360 e. The van der Waals surface area contributed by atoms with E-state index < -0.39 is 11.5 Å². The van der Waals surface area contributed by atoms with Gasteiger partial charge >= 0.3 is 11.5 Å². The van der Waals surface area contributed by atoms with Gasteiger partial charge in [0.15, 0.2) is 11.3 Å². The number of halogens is 1. The third kappa shape index (κ3) is 3.63. The molecule has 0 bridgehead atoms. The SMILES string of the molecule is CCCCOc1c(C(=O)OC)nc2c(I)cc(N(C)C)cn2c1=O. The zero-order valence-electron chi connectivity index (χ0n) is 14.1. The van der Waals surface area contributed by atoms with Crippen molar-refractivity contribution in [3.63, 3.8) is 0 Å². The van der Waals surface area contributed by atoms with Crippen LogP contribution in [-0.2, 0) is 4.74 Å². The lowest BCUT2D eigenvalue weighted by atomic mass is 10.3. The molecule has 0 saturated carbocycles. The first-order valence-electron chi connectivity index (χ1n) is 7.55. The summed E-state index contributed by atoms with van der Waals surface area (Å²) in [5, 5.41) is 0. The van der Waals surface area contributed by atoms with E-state index >= 15 is 0 Å². The number of nitrogens with zero attached hydrogens (tertiary/aromatic N) is 3. The third-order valence-corrected chi connectivity index (χ3v) is 4.26. The van der Waals surface area contributed by atoms with Crippen molar-refractivity contribution in [3.05, 3.63) is 31.9 Å². The summed E-state index contributed by atoms with van der Waals surface area (Å²) in [7, 11) is 5.02. The lowest BCUT2D eigenvalue weighted by molar-refractivity contribution is 0.0588. The van der Waals surface area contributed by atoms with Crippen LogP contribution >= 0.6 is 22.6 Å². The number of esters is 1. The Morgan fingerprint density at radius 3 is 2.71 bits per heavy atom. The topological polar surface area (TPSA) is 73.1 Å². The van der Waals surface area contributed by atoms with Gasteiger partial charge < -0.3 is 14.4 Å². The molecule has 0 unspecified atom stereocenters. The largest absolute Gasteiger partial charge is 0.486 e. The highest BCUT2D eigenvalue weighted by Crippen LogP contribution is 2.22. The molecule has 0 aliphatic rings. The number of rotatable bonds is 6. The first-order valence-corrected chi connectivity index (χ1v) is 8.62. The molecule has 2 aromatic rings. The van der Waals surface area contributed by atoms with E-state index in [4.69, 9.17) is 9.47 Å². The second-order valence-corrected chi connectivity index (χ2v) is 6.58. The summed E-state index contributed by atoms with van der Waals surface area (Å²) in [4.78, 5) is 31.1. The average molecular weight is 445 g/mol. The van der Waals surface area contributed by atoms with E-state index in [9.17, 15) is 9.59 Å². The fraction of sp³-hybridized carbons (Fsp3) is 0.438. The van der Waals surface area contributed by atoms with Crippen molar-refractivity contribution in [2.24, 2.45) is 0 Å². The van der Waals surface area contributed by atoms with Crippen molar-refractivity contribution in [1.82, 2.24) is 9.38 Å². The number of fused-ring (bicyclic) bond motifs is 1. The first-order chi connectivity index (χ1) is 11.4. The fourth-order valence-corrected chi connectivity index (χ4v) is 2.80. The fourth-order valence-electron chi connectivity index (χ4n) is 2.10. The molecule has 7 nitrogen and oxygen atoms in total. The lowest BCUT2D eigenvalue weighted by Gasteiger charge is -2.16. The molecule has 0 radical (unpaired) electrons. The average Bonchev–Trinajstić information content (AvgIpc) is 2.56. The summed E-state index contributed by atoms with van der Waals surface area (Å²) >= 11 is 2.09. The van der Waals surface area contributed by atoms with Gasteiger partial charge in [-0.15, -0.1) is 0 Å². The van der Waals surface area contributed by atoms with Gasteiger partial charge in [0.1, 0.15) is 0 Å². The molecule has 0 saturated heterocycles. The molecule has 0 fully saturated rings. The minimum absolute atomic E-state index is 0.0699. The van der Waals surface area contributed by atoms with E-state index in [0.717, 1.165) is 22.1 Å². The maximum atomic E-state index is 12.9. The first kappa shape index (κ1) is 18.5. The molecule has 24 heavy (non-hydrogen) atoms. The van der Waals surface area contributed by atoms with Crippen LogP contribution in [0.1, 0.15) is 30.3 Å². The van der Waals surface area contributed by atoms with Gasteiger partial charge in [-0.2, -0.15) is 0 Å². The Labute approximate surface area is 153 Å². The molecule has 2 aromatic heterocycles. The van der Waals surface area contributed by atoms with Gasteiger partial charge in [0.05, 0.1) is 23.0 Å². The van der Waals surface area contributed by atoms with Gasteiger partial charge in [-0.1, -0.05) is 13.3 Å². The lowest BCUT2D eigenvalue weighted by Crippen LogP contribution is -2.25. The molecule has 8 heteroatoms. The minimum atomic E-state index is -0.686. The van der Waals surface area contributed by atoms with E-state index in [0.29, 0.717) is 12.3 Å². The van der Waals surface area contributed by atoms with Crippen LogP contribution in [0.3, 0.4) is 0 Å². The van der Waals surface area contributed by atoms with E-state index in [1.54, 1.807) is 6.20 Å². The van der Waals surface area contributed by atoms with Crippen molar-refractivity contribution in [2.45, 2.75) is 19.8 Å². The summed E-state index contributed by atoms with van der Waals surface area (Å²) in [6, 6.07) is 1.89. The molecular weight excluding hydrogens is 425 g/mol. The number of aromatic nitrogens is 2. The van der Waals surface area contributed by atoms with Crippen LogP contribution < -0.4 is 15.2 Å². The number of pyridine rings is 1. The summed E-state index contributed by atoms with van der Waals surface area (Å²) in [5.74, 6) is -0.756. The number of carbonyl (C=O) groups is 1. The molecule has 2 rings (SSSR count). The Kier molecular flexibility index (Phi) is 6.03. The normalized spacial score (nSPS) is 10.7. The molecule has 0 aliphatic carbocycles. The van der Waals surface area contributed by atoms with Crippen LogP contribution in [0.4, 0.5) is 5.69 Å². The summed E-state index contributed by atoms with van der Waals surface area (Å²) in [6.45, 7) is 2.36. The van der Waals surface area contributed by atoms with Crippen LogP contribution in [0.15, 0.2) is 17.1 Å². The minimum Gasteiger partial charge on any atom is -0.486 e. The molecule has 0 atom stereocenters. The van der Waals surface area contributed by atoms with Crippen LogP contribution in [0.2, 0.25) is 0 Å². The monoisotopic (exact) mass is 445 g/mol. The molecule has 0 N–H and O–H groups in total. The van der Waals surface area contributed by atoms with Gasteiger partial charge in [0.2, 0.25) is 5.75 Å². The quantitative estimate of drug-likeness (QED) is 0.386. The molecule has 130 valence electrons. The van der Waals surface area contributed by atoms with E-state index in [2.05, 4.69) is 27.6 Å². The maximum absolute atomic E-state index is 12.9. The number of anilines is 1. The van der Waals surface area contributed by atoms with Crippen molar-refractivity contribution in [2.75, 3.05) is 32.7 Å². The molecule has 0 aromatic carbocycles. The van der Waals surface area contributed by atoms with Gasteiger partial charge in [-0.3, -0.25) is 9.20 Å². The smallest absolute Gasteiger partial charge is 0.360 e. The Hall–Kier alpha value is -1.84. The van der Waals surface area contributed by atoms with Gasteiger partial charge in [-0.05, 0) is 35.1 Å². The summed E-state index contributed by atoms with van der Waals surface area (Å²) in [6.07, 6.45) is 3.37. The van der Waals surface area contributed by atoms with E-state index in [-0.39, 0.29) is 11.4 Å². The standard InChI is InChI=1S/C16H20IN3O4/c1-5-6-7-24-13-12(16(22)23-4)18-14-11(17)8-10(19(2)3)9-20(14)15(13)21/h8-9H,5-7H2,1-4H3. The number of hydrogen-bond donors (Lipinski definition) is 0. The van der Waals surface area contributed by atoms with Gasteiger partial charge in [0.25, 0.3) is 0 Å². The molecule has 0 amide bonds. The molecular formula is C16H20IN3O4. The highest BCUT2D eigenvalue weighted by atomic mass is 127. The number of hydrogen-bond acceptors (Lipinski definition) is 6. The summed E-state index contributed by atoms with van der Waals surface area (Å²) < 4.78 is 12.5. The molecule has 2 heterocycles. The zero-order valence-corrected chi connectivity index (χ0v) is 16.3. The Balaban J connectivity index is 2.73. The second-order valence-electron chi connectivity index (χ2n) is 5.42. The zero-order chi connectivity index (χ0) is 17.9. The predicted octanol–water partition coefficient (Wildman–Crippen LogP) is 2.33. The van der Waals surface area contributed by atoms with Crippen molar-refractivity contribution in [3.8, 4) is 5.75 Å². The van der Waals surface area contributed by atoms with Crippen LogP contribution in [-0.4, -0.2) is 43.2 Å². The van der Waals surface area contributed by atoms with E-state index in [1.807, 2.05) is 32.0 Å². The number of ether oxygens (including phenoxy) is 2. The Bertz CT molecular complexity index is 817. The van der Waals surface area contributed by atoms with Crippen LogP contribution in [0.5, 0.6) is 5.75 Å². The molecule has 0 spiro atoms. The van der Waals surface area contributed by atoms with Crippen LogP contribution in [0, 0.1) is 3.57 Å². The summed E-state index contributed by atoms with van der Waals surface area (Å²) in [5.41, 5.74) is 0.739. The number of carbonyl (C=O) groups excluding carboxylic acids is 1. The van der Waals surface area contributed by atoms with Gasteiger partial charge in [-0.25, -0.2) is 9.78 Å². The van der Waals surface area contributed by atoms with Crippen molar-refractivity contribution < 1.29 is 14.3 Å². The van der Waals surface area contributed by atoms with Gasteiger partial charge in [0, 0.05) is 20.3 Å². The van der Waals surface area contributed by atoms with Crippen molar-refractivity contribution in [1.29, 1.82) is 0 Å². The Morgan fingerprint density at radius 1 is 1.42 bits per heavy atom. The molecule has 0 aliphatic heterocycles. The number of unbranched alkanes of at least 4 members (excludes halogenated alkanes) is 1. The van der Waals surface area contributed by atoms with Crippen LogP contribution in [0.25, 0.3) is 5.65 Å². The Morgan fingerprint density at radius 2 is 2.12 bits per heavy atom.